The Labute approximate surface area is 150 Å². The first-order chi connectivity index (χ1) is 12.3. The van der Waals surface area contributed by atoms with Crippen molar-refractivity contribution < 1.29 is 13.2 Å². The molecule has 0 bridgehead atoms. The molecule has 138 valence electrons. The number of rotatable bonds is 4. The van der Waals surface area contributed by atoms with E-state index in [1.165, 1.54) is 4.90 Å². The molecule has 7 heteroatoms. The van der Waals surface area contributed by atoms with Crippen molar-refractivity contribution in [2.75, 3.05) is 31.5 Å². The number of alkyl halides is 3. The summed E-state index contributed by atoms with van der Waals surface area (Å²) < 4.78 is 37.6. The second-order valence-electron chi connectivity index (χ2n) is 7.02. The van der Waals surface area contributed by atoms with Gasteiger partial charge in [0.05, 0.1) is 23.3 Å². The number of hydrogen-bond donors (Lipinski definition) is 1. The van der Waals surface area contributed by atoms with Crippen LogP contribution in [-0.2, 0) is 0 Å². The Balaban J connectivity index is 1.78. The van der Waals surface area contributed by atoms with Gasteiger partial charge >= 0.3 is 6.18 Å². The molecule has 2 aromatic rings. The van der Waals surface area contributed by atoms with E-state index >= 15 is 0 Å². The minimum absolute atomic E-state index is 0.123. The summed E-state index contributed by atoms with van der Waals surface area (Å²) in [7, 11) is 0. The molecule has 1 atom stereocenters. The van der Waals surface area contributed by atoms with E-state index in [1.807, 2.05) is 26.0 Å². The third-order valence-corrected chi connectivity index (χ3v) is 4.77. The molecule has 3 rings (SSSR count). The number of aryl methyl sites for hydroxylation is 2. The smallest absolute Gasteiger partial charge is 0.383 e. The number of halogens is 3. The molecule has 1 aliphatic rings. The van der Waals surface area contributed by atoms with Crippen LogP contribution in [0.3, 0.4) is 0 Å². The second-order valence-corrected chi connectivity index (χ2v) is 7.02. The number of fused-ring (bicyclic) bond motifs is 1. The summed E-state index contributed by atoms with van der Waals surface area (Å²) in [6.07, 6.45) is -1.89. The number of anilines is 1. The highest BCUT2D eigenvalue weighted by molar-refractivity contribution is 5.96. The summed E-state index contributed by atoms with van der Waals surface area (Å²) in [6, 6.07) is 6.19. The van der Waals surface area contributed by atoms with Crippen LogP contribution in [0.4, 0.5) is 18.9 Å². The first-order valence-electron chi connectivity index (χ1n) is 8.60. The van der Waals surface area contributed by atoms with Gasteiger partial charge in [-0.2, -0.15) is 18.4 Å². The predicted molar refractivity (Wildman–Crippen MR) is 95.0 cm³/mol. The number of aromatic nitrogens is 1. The van der Waals surface area contributed by atoms with Gasteiger partial charge in [-0.1, -0.05) is 11.6 Å². The van der Waals surface area contributed by atoms with Crippen LogP contribution in [0.2, 0.25) is 0 Å². The lowest BCUT2D eigenvalue weighted by Gasteiger charge is -2.19. The van der Waals surface area contributed by atoms with Crippen molar-refractivity contribution >= 4 is 16.6 Å². The molecule has 0 aliphatic carbocycles. The predicted octanol–water partition coefficient (Wildman–Crippen LogP) is 4.02. The third kappa shape index (κ3) is 4.07. The monoisotopic (exact) mass is 362 g/mol. The minimum atomic E-state index is -4.16. The van der Waals surface area contributed by atoms with Crippen molar-refractivity contribution in [1.82, 2.24) is 9.88 Å². The number of nitrogens with one attached hydrogen (secondary N) is 1. The van der Waals surface area contributed by atoms with E-state index < -0.39 is 12.7 Å². The minimum Gasteiger partial charge on any atom is -0.383 e. The van der Waals surface area contributed by atoms with Gasteiger partial charge in [0, 0.05) is 24.7 Å². The SMILES string of the molecule is Cc1cc(C)c2ncc(C#N)c(NCC3CCN(CC(F)(F)F)C3)c2c1. The van der Waals surface area contributed by atoms with Crippen LogP contribution in [0.15, 0.2) is 18.3 Å². The molecule has 0 saturated carbocycles. The van der Waals surface area contributed by atoms with Crippen molar-refractivity contribution in [3.05, 3.63) is 35.0 Å². The maximum atomic E-state index is 12.5. The number of hydrogen-bond acceptors (Lipinski definition) is 4. The van der Waals surface area contributed by atoms with E-state index in [2.05, 4.69) is 16.4 Å². The number of benzene rings is 1. The molecule has 4 nitrogen and oxygen atoms in total. The summed E-state index contributed by atoms with van der Waals surface area (Å²) in [6.45, 7) is 4.51. The molecular weight excluding hydrogens is 341 g/mol. The standard InChI is InChI=1S/C19H21F3N4/c1-12-5-13(2)17-16(6-12)18(15(7-23)9-25-17)24-8-14-3-4-26(10-14)11-19(20,21)22/h5-6,9,14H,3-4,8,10-11H2,1-2H3,(H,24,25). The van der Waals surface area contributed by atoms with Crippen LogP contribution >= 0.6 is 0 Å². The topological polar surface area (TPSA) is 52.0 Å². The van der Waals surface area contributed by atoms with Crippen LogP contribution < -0.4 is 5.32 Å². The number of pyridine rings is 1. The van der Waals surface area contributed by atoms with Gasteiger partial charge in [-0.3, -0.25) is 9.88 Å². The molecule has 1 aromatic heterocycles. The summed E-state index contributed by atoms with van der Waals surface area (Å²) in [5.74, 6) is 0.123. The molecular formula is C19H21F3N4. The average molecular weight is 362 g/mol. The molecule has 1 unspecified atom stereocenters. The van der Waals surface area contributed by atoms with Crippen LogP contribution in [0.1, 0.15) is 23.1 Å². The van der Waals surface area contributed by atoms with Crippen LogP contribution in [-0.4, -0.2) is 42.2 Å². The molecule has 26 heavy (non-hydrogen) atoms. The van der Waals surface area contributed by atoms with Crippen molar-refractivity contribution in [3.63, 3.8) is 0 Å². The summed E-state index contributed by atoms with van der Waals surface area (Å²) in [5, 5.41) is 13.6. The van der Waals surface area contributed by atoms with Gasteiger partial charge in [-0.05, 0) is 44.4 Å². The highest BCUT2D eigenvalue weighted by atomic mass is 19.4. The molecule has 1 fully saturated rings. The number of likely N-dealkylation sites (tertiary alicyclic amines) is 1. The molecule has 1 saturated heterocycles. The lowest BCUT2D eigenvalue weighted by atomic mass is 10.0. The zero-order valence-electron chi connectivity index (χ0n) is 14.8. The normalized spacial score (nSPS) is 18.2. The van der Waals surface area contributed by atoms with Crippen LogP contribution in [0.5, 0.6) is 0 Å². The first-order valence-corrected chi connectivity index (χ1v) is 8.60. The second kappa shape index (κ2) is 7.12. The van der Waals surface area contributed by atoms with E-state index in [0.29, 0.717) is 31.6 Å². The fourth-order valence-corrected chi connectivity index (χ4v) is 3.66. The maximum absolute atomic E-state index is 12.5. The van der Waals surface area contributed by atoms with Gasteiger partial charge in [-0.25, -0.2) is 0 Å². The van der Waals surface area contributed by atoms with E-state index in [1.54, 1.807) is 6.20 Å². The lowest BCUT2D eigenvalue weighted by molar-refractivity contribution is -0.143. The molecule has 1 aromatic carbocycles. The van der Waals surface area contributed by atoms with E-state index in [-0.39, 0.29) is 5.92 Å². The Morgan fingerprint density at radius 3 is 2.81 bits per heavy atom. The van der Waals surface area contributed by atoms with Crippen molar-refractivity contribution in [3.8, 4) is 6.07 Å². The molecule has 1 N–H and O–H groups in total. The molecule has 0 amide bonds. The van der Waals surface area contributed by atoms with Crippen LogP contribution in [0, 0.1) is 31.1 Å². The Morgan fingerprint density at radius 2 is 2.12 bits per heavy atom. The summed E-state index contributed by atoms with van der Waals surface area (Å²) >= 11 is 0. The first kappa shape index (κ1) is 18.5. The summed E-state index contributed by atoms with van der Waals surface area (Å²) in [4.78, 5) is 5.83. The lowest BCUT2D eigenvalue weighted by Crippen LogP contribution is -2.33. The Bertz CT molecular complexity index is 854. The van der Waals surface area contributed by atoms with E-state index in [9.17, 15) is 18.4 Å². The van der Waals surface area contributed by atoms with Gasteiger partial charge in [0.25, 0.3) is 0 Å². The Kier molecular flexibility index (Phi) is 5.05. The average Bonchev–Trinajstić information content (AvgIpc) is 2.97. The number of nitrogens with zero attached hydrogens (tertiary/aromatic N) is 3. The highest BCUT2D eigenvalue weighted by Crippen LogP contribution is 2.30. The van der Waals surface area contributed by atoms with E-state index in [0.717, 1.165) is 27.7 Å². The Morgan fingerprint density at radius 1 is 1.35 bits per heavy atom. The molecule has 1 aliphatic heterocycles. The van der Waals surface area contributed by atoms with Gasteiger partial charge in [0.15, 0.2) is 0 Å². The fraction of sp³-hybridized carbons (Fsp3) is 0.474. The molecule has 2 heterocycles. The van der Waals surface area contributed by atoms with Crippen molar-refractivity contribution in [2.24, 2.45) is 5.92 Å². The van der Waals surface area contributed by atoms with Gasteiger partial charge < -0.3 is 5.32 Å². The quantitative estimate of drug-likeness (QED) is 0.893. The number of nitriles is 1. The zero-order valence-corrected chi connectivity index (χ0v) is 14.8. The van der Waals surface area contributed by atoms with Gasteiger partial charge in [-0.15, -0.1) is 0 Å². The molecule has 0 radical (unpaired) electrons. The zero-order chi connectivity index (χ0) is 18.9. The Hall–Kier alpha value is -2.33. The van der Waals surface area contributed by atoms with Gasteiger partial charge in [0.2, 0.25) is 0 Å². The molecule has 0 spiro atoms. The maximum Gasteiger partial charge on any atom is 0.401 e. The fourth-order valence-electron chi connectivity index (χ4n) is 3.66. The van der Waals surface area contributed by atoms with Crippen molar-refractivity contribution in [1.29, 1.82) is 5.26 Å². The third-order valence-electron chi connectivity index (χ3n) is 4.77. The van der Waals surface area contributed by atoms with E-state index in [4.69, 9.17) is 0 Å². The van der Waals surface area contributed by atoms with Gasteiger partial charge in [0.1, 0.15) is 6.07 Å². The summed E-state index contributed by atoms with van der Waals surface area (Å²) in [5.41, 5.74) is 4.12. The van der Waals surface area contributed by atoms with Crippen molar-refractivity contribution in [2.45, 2.75) is 26.4 Å². The highest BCUT2D eigenvalue weighted by Gasteiger charge is 2.34. The largest absolute Gasteiger partial charge is 0.401 e. The van der Waals surface area contributed by atoms with Crippen LogP contribution in [0.25, 0.3) is 10.9 Å².